The molecular formula is C9H11N2O3+. The standard InChI is InChI=1S/C9H10N2O3/c1-8(12)10-7-9(13)14-11-5-3-2-4-6-11/h2-6H,7H2,1H3/p+1. The maximum Gasteiger partial charge on any atom is 0.399 e. The summed E-state index contributed by atoms with van der Waals surface area (Å²) in [6, 6.07) is 5.26. The summed E-state index contributed by atoms with van der Waals surface area (Å²) in [5.41, 5.74) is 0. The molecule has 1 N–H and O–H groups in total. The Morgan fingerprint density at radius 1 is 1.29 bits per heavy atom. The van der Waals surface area contributed by atoms with Crippen LogP contribution in [0.4, 0.5) is 0 Å². The average Bonchev–Trinajstić information content (AvgIpc) is 2.16. The van der Waals surface area contributed by atoms with E-state index in [1.165, 1.54) is 11.7 Å². The summed E-state index contributed by atoms with van der Waals surface area (Å²) in [6.07, 6.45) is 3.18. The summed E-state index contributed by atoms with van der Waals surface area (Å²) in [7, 11) is 0. The Bertz CT molecular complexity index is 324. The molecule has 0 saturated heterocycles. The zero-order valence-electron chi connectivity index (χ0n) is 7.77. The van der Waals surface area contributed by atoms with Crippen molar-refractivity contribution in [1.29, 1.82) is 0 Å². The molecule has 1 rings (SSSR count). The molecule has 74 valence electrons. The molecule has 0 fully saturated rings. The van der Waals surface area contributed by atoms with Gasteiger partial charge in [-0.3, -0.25) is 4.79 Å². The fourth-order valence-electron chi connectivity index (χ4n) is 0.790. The summed E-state index contributed by atoms with van der Waals surface area (Å²) < 4.78 is 1.27. The quantitative estimate of drug-likeness (QED) is 0.634. The first-order valence-corrected chi connectivity index (χ1v) is 4.10. The Hall–Kier alpha value is -1.91. The van der Waals surface area contributed by atoms with Crippen LogP contribution in [0.15, 0.2) is 30.6 Å². The van der Waals surface area contributed by atoms with Crippen LogP contribution >= 0.6 is 0 Å². The van der Waals surface area contributed by atoms with Crippen LogP contribution in [0.5, 0.6) is 0 Å². The van der Waals surface area contributed by atoms with E-state index in [0.29, 0.717) is 0 Å². The van der Waals surface area contributed by atoms with Crippen LogP contribution in [0.2, 0.25) is 0 Å². The number of aromatic nitrogens is 1. The topological polar surface area (TPSA) is 59.3 Å². The number of nitrogens with one attached hydrogen (secondary N) is 1. The zero-order chi connectivity index (χ0) is 10.4. The van der Waals surface area contributed by atoms with Crippen molar-refractivity contribution in [3.63, 3.8) is 0 Å². The molecule has 5 heteroatoms. The van der Waals surface area contributed by atoms with Crippen molar-refractivity contribution in [2.75, 3.05) is 6.54 Å². The Labute approximate surface area is 81.3 Å². The van der Waals surface area contributed by atoms with Crippen molar-refractivity contribution < 1.29 is 19.2 Å². The minimum Gasteiger partial charge on any atom is -0.345 e. The number of nitrogens with zero attached hydrogens (tertiary/aromatic N) is 1. The van der Waals surface area contributed by atoms with Gasteiger partial charge in [-0.25, -0.2) is 4.79 Å². The summed E-state index contributed by atoms with van der Waals surface area (Å²) in [6.45, 7) is 1.21. The predicted molar refractivity (Wildman–Crippen MR) is 46.9 cm³/mol. The molecule has 0 atom stereocenters. The van der Waals surface area contributed by atoms with Crippen LogP contribution in [0.1, 0.15) is 6.92 Å². The van der Waals surface area contributed by atoms with Gasteiger partial charge in [0.15, 0.2) is 0 Å². The first kappa shape index (κ1) is 10.2. The number of hydrogen-bond donors (Lipinski definition) is 1. The van der Waals surface area contributed by atoms with Crippen LogP contribution in [0.3, 0.4) is 0 Å². The number of amides is 1. The van der Waals surface area contributed by atoms with Gasteiger partial charge in [0.2, 0.25) is 18.3 Å². The highest BCUT2D eigenvalue weighted by Crippen LogP contribution is 1.75. The number of rotatable bonds is 3. The van der Waals surface area contributed by atoms with E-state index in [2.05, 4.69) is 5.32 Å². The molecule has 1 aromatic heterocycles. The van der Waals surface area contributed by atoms with Gasteiger partial charge in [-0.2, -0.15) is 4.84 Å². The van der Waals surface area contributed by atoms with Crippen molar-refractivity contribution in [2.24, 2.45) is 0 Å². The van der Waals surface area contributed by atoms with E-state index < -0.39 is 5.97 Å². The lowest BCUT2D eigenvalue weighted by atomic mass is 10.5. The van der Waals surface area contributed by atoms with Gasteiger partial charge in [0.05, 0.1) is 0 Å². The molecule has 0 saturated carbocycles. The highest BCUT2D eigenvalue weighted by atomic mass is 16.7. The largest absolute Gasteiger partial charge is 0.399 e. The van der Waals surface area contributed by atoms with Crippen LogP contribution in [-0.4, -0.2) is 18.4 Å². The minimum atomic E-state index is -0.517. The maximum atomic E-state index is 11.1. The summed E-state index contributed by atoms with van der Waals surface area (Å²) >= 11 is 0. The maximum absolute atomic E-state index is 11.1. The van der Waals surface area contributed by atoms with Gasteiger partial charge < -0.3 is 5.32 Å². The normalized spacial score (nSPS) is 9.21. The SMILES string of the molecule is CC(=O)NCC(=O)O[n+]1ccccc1. The lowest BCUT2D eigenvalue weighted by Crippen LogP contribution is -2.48. The average molecular weight is 195 g/mol. The Balaban J connectivity index is 2.38. The van der Waals surface area contributed by atoms with E-state index in [1.54, 1.807) is 30.6 Å². The second-order valence-corrected chi connectivity index (χ2v) is 2.61. The highest BCUT2D eigenvalue weighted by Gasteiger charge is 2.09. The van der Waals surface area contributed by atoms with E-state index in [9.17, 15) is 9.59 Å². The van der Waals surface area contributed by atoms with Crippen LogP contribution in [-0.2, 0) is 9.59 Å². The molecule has 1 aromatic rings. The van der Waals surface area contributed by atoms with Crippen molar-refractivity contribution in [3.05, 3.63) is 30.6 Å². The molecule has 0 aliphatic carbocycles. The highest BCUT2D eigenvalue weighted by molar-refractivity contribution is 5.80. The van der Waals surface area contributed by atoms with Crippen molar-refractivity contribution >= 4 is 11.9 Å². The predicted octanol–water partition coefficient (Wildman–Crippen LogP) is -0.935. The molecule has 0 aliphatic heterocycles. The summed E-state index contributed by atoms with van der Waals surface area (Å²) in [4.78, 5) is 26.4. The third kappa shape index (κ3) is 3.66. The fraction of sp³-hybridized carbons (Fsp3) is 0.222. The first-order valence-electron chi connectivity index (χ1n) is 4.10. The van der Waals surface area contributed by atoms with Gasteiger partial charge in [-0.1, -0.05) is 6.07 Å². The molecule has 0 radical (unpaired) electrons. The van der Waals surface area contributed by atoms with Crippen molar-refractivity contribution in [3.8, 4) is 0 Å². The molecule has 5 nitrogen and oxygen atoms in total. The minimum absolute atomic E-state index is 0.128. The molecule has 0 aromatic carbocycles. The Morgan fingerprint density at radius 2 is 1.93 bits per heavy atom. The molecular weight excluding hydrogens is 184 g/mol. The molecule has 0 spiro atoms. The van der Waals surface area contributed by atoms with Crippen LogP contribution in [0, 0.1) is 0 Å². The monoisotopic (exact) mass is 195 g/mol. The van der Waals surface area contributed by atoms with E-state index in [1.807, 2.05) is 0 Å². The fourth-order valence-corrected chi connectivity index (χ4v) is 0.790. The molecule has 1 amide bonds. The first-order chi connectivity index (χ1) is 6.68. The van der Waals surface area contributed by atoms with Crippen molar-refractivity contribution in [1.82, 2.24) is 5.32 Å². The molecule has 0 aliphatic rings. The van der Waals surface area contributed by atoms with Gasteiger partial charge in [0.1, 0.15) is 6.54 Å². The Kier molecular flexibility index (Phi) is 3.60. The lowest BCUT2D eigenvalue weighted by molar-refractivity contribution is -0.869. The Morgan fingerprint density at radius 3 is 2.50 bits per heavy atom. The molecule has 0 unspecified atom stereocenters. The molecule has 1 heterocycles. The number of hydrogen-bond acceptors (Lipinski definition) is 3. The van der Waals surface area contributed by atoms with E-state index in [-0.39, 0.29) is 12.5 Å². The van der Waals surface area contributed by atoms with Crippen LogP contribution < -0.4 is 14.9 Å². The smallest absolute Gasteiger partial charge is 0.345 e. The van der Waals surface area contributed by atoms with Gasteiger partial charge >= 0.3 is 5.97 Å². The summed E-state index contributed by atoms with van der Waals surface area (Å²) in [5, 5.41) is 2.34. The lowest BCUT2D eigenvalue weighted by Gasteiger charge is -1.97. The van der Waals surface area contributed by atoms with E-state index >= 15 is 0 Å². The second-order valence-electron chi connectivity index (χ2n) is 2.61. The van der Waals surface area contributed by atoms with Gasteiger partial charge in [0.25, 0.3) is 0 Å². The number of pyridine rings is 1. The second kappa shape index (κ2) is 4.96. The number of carbonyl (C=O) groups is 2. The van der Waals surface area contributed by atoms with E-state index in [4.69, 9.17) is 4.84 Å². The van der Waals surface area contributed by atoms with Gasteiger partial charge in [-0.05, 0) is 0 Å². The zero-order valence-corrected chi connectivity index (χ0v) is 7.77. The van der Waals surface area contributed by atoms with E-state index in [0.717, 1.165) is 0 Å². The van der Waals surface area contributed by atoms with Gasteiger partial charge in [0, 0.05) is 23.8 Å². The molecule has 0 bridgehead atoms. The third-order valence-corrected chi connectivity index (χ3v) is 1.38. The molecule has 14 heavy (non-hydrogen) atoms. The summed E-state index contributed by atoms with van der Waals surface area (Å²) in [5.74, 6) is -0.781. The third-order valence-electron chi connectivity index (χ3n) is 1.38. The van der Waals surface area contributed by atoms with Gasteiger partial charge in [-0.15, -0.1) is 0 Å². The van der Waals surface area contributed by atoms with Crippen molar-refractivity contribution in [2.45, 2.75) is 6.92 Å². The number of carbonyl (C=O) groups excluding carboxylic acids is 2. The van der Waals surface area contributed by atoms with Crippen LogP contribution in [0.25, 0.3) is 0 Å².